The number of benzene rings is 2. The van der Waals surface area contributed by atoms with Crippen LogP contribution in [0, 0.1) is 0 Å². The molecule has 0 unspecified atom stereocenters. The monoisotopic (exact) mass is 302 g/mol. The summed E-state index contributed by atoms with van der Waals surface area (Å²) in [7, 11) is 3.24. The van der Waals surface area contributed by atoms with Gasteiger partial charge in [0.05, 0.1) is 20.8 Å². The number of hydrogen-bond acceptors (Lipinski definition) is 5. The van der Waals surface area contributed by atoms with Crippen LogP contribution in [0.1, 0.15) is 12.5 Å². The zero-order valence-corrected chi connectivity index (χ0v) is 13.2. The van der Waals surface area contributed by atoms with Crippen molar-refractivity contribution < 1.29 is 14.2 Å². The van der Waals surface area contributed by atoms with Crippen LogP contribution >= 0.6 is 0 Å². The Kier molecular flexibility index (Phi) is 5.91. The maximum Gasteiger partial charge on any atom is 0.203 e. The lowest BCUT2D eigenvalue weighted by Crippen LogP contribution is -2.20. The smallest absolute Gasteiger partial charge is 0.203 e. The van der Waals surface area contributed by atoms with E-state index in [0.29, 0.717) is 30.4 Å². The standard InChI is InChI=1S/C17H22N2O3/c1-4-22-17-15(20-2)10-13(11-16(17)21-3)12-18-19-14-8-6-5-7-9-14/h5-11,18-19H,4,12H2,1-3H3. The molecule has 0 aliphatic heterocycles. The molecule has 2 N–H and O–H groups in total. The third kappa shape index (κ3) is 4.05. The van der Waals surface area contributed by atoms with Crippen LogP contribution in [0.15, 0.2) is 42.5 Å². The summed E-state index contributed by atoms with van der Waals surface area (Å²) in [5.74, 6) is 1.96. The highest BCUT2D eigenvalue weighted by Crippen LogP contribution is 2.38. The van der Waals surface area contributed by atoms with Gasteiger partial charge in [0.1, 0.15) is 0 Å². The van der Waals surface area contributed by atoms with E-state index in [9.17, 15) is 0 Å². The Morgan fingerprint density at radius 1 is 0.955 bits per heavy atom. The summed E-state index contributed by atoms with van der Waals surface area (Å²) in [5, 5.41) is 0. The highest BCUT2D eigenvalue weighted by atomic mass is 16.5. The Bertz CT molecular complexity index is 563. The predicted molar refractivity (Wildman–Crippen MR) is 87.6 cm³/mol. The minimum absolute atomic E-state index is 0.555. The van der Waals surface area contributed by atoms with Crippen LogP contribution in [-0.4, -0.2) is 20.8 Å². The summed E-state index contributed by atoms with van der Waals surface area (Å²) in [6.45, 7) is 3.10. The zero-order chi connectivity index (χ0) is 15.8. The molecule has 0 aromatic heterocycles. The second-order valence-electron chi connectivity index (χ2n) is 4.61. The van der Waals surface area contributed by atoms with Gasteiger partial charge in [-0.2, -0.15) is 0 Å². The van der Waals surface area contributed by atoms with Crippen LogP contribution in [0.25, 0.3) is 0 Å². The molecule has 0 saturated heterocycles. The molecule has 2 rings (SSSR count). The van der Waals surface area contributed by atoms with Gasteiger partial charge >= 0.3 is 0 Å². The normalized spacial score (nSPS) is 10.1. The number of methoxy groups -OCH3 is 2. The maximum atomic E-state index is 5.59. The van der Waals surface area contributed by atoms with Crippen molar-refractivity contribution in [2.24, 2.45) is 0 Å². The lowest BCUT2D eigenvalue weighted by Gasteiger charge is -2.16. The predicted octanol–water partition coefficient (Wildman–Crippen LogP) is 3.22. The van der Waals surface area contributed by atoms with Crippen LogP contribution in [-0.2, 0) is 6.54 Å². The van der Waals surface area contributed by atoms with E-state index in [1.165, 1.54) is 0 Å². The quantitative estimate of drug-likeness (QED) is 0.733. The number of para-hydroxylation sites is 1. The van der Waals surface area contributed by atoms with Crippen molar-refractivity contribution in [1.82, 2.24) is 5.43 Å². The molecule has 0 radical (unpaired) electrons. The molecule has 0 bridgehead atoms. The molecule has 0 aliphatic rings. The molecule has 5 nitrogen and oxygen atoms in total. The summed E-state index contributed by atoms with van der Waals surface area (Å²) in [6, 6.07) is 13.8. The molecule has 118 valence electrons. The van der Waals surface area contributed by atoms with E-state index in [4.69, 9.17) is 14.2 Å². The van der Waals surface area contributed by atoms with Gasteiger partial charge in [-0.1, -0.05) is 18.2 Å². The number of hydrogen-bond donors (Lipinski definition) is 2. The maximum absolute atomic E-state index is 5.59. The number of anilines is 1. The molecule has 0 atom stereocenters. The van der Waals surface area contributed by atoms with Gasteiger partial charge in [0.25, 0.3) is 0 Å². The fourth-order valence-electron chi connectivity index (χ4n) is 2.09. The molecule has 0 aliphatic carbocycles. The Morgan fingerprint density at radius 2 is 1.59 bits per heavy atom. The SMILES string of the molecule is CCOc1c(OC)cc(CNNc2ccccc2)cc1OC. The van der Waals surface area contributed by atoms with E-state index in [1.807, 2.05) is 49.4 Å². The minimum atomic E-state index is 0.555. The summed E-state index contributed by atoms with van der Waals surface area (Å²) >= 11 is 0. The molecule has 0 fully saturated rings. The molecular formula is C17H22N2O3. The first kappa shape index (κ1) is 16.0. The Morgan fingerprint density at radius 3 is 2.14 bits per heavy atom. The topological polar surface area (TPSA) is 51.8 Å². The summed E-state index contributed by atoms with van der Waals surface area (Å²) in [4.78, 5) is 0. The summed E-state index contributed by atoms with van der Waals surface area (Å²) in [6.07, 6.45) is 0. The highest BCUT2D eigenvalue weighted by molar-refractivity contribution is 5.54. The van der Waals surface area contributed by atoms with Gasteiger partial charge in [0.2, 0.25) is 5.75 Å². The van der Waals surface area contributed by atoms with Gasteiger partial charge in [0, 0.05) is 12.2 Å². The van der Waals surface area contributed by atoms with Crippen molar-refractivity contribution in [3.05, 3.63) is 48.0 Å². The van der Waals surface area contributed by atoms with Gasteiger partial charge in [-0.15, -0.1) is 0 Å². The van der Waals surface area contributed by atoms with E-state index in [1.54, 1.807) is 14.2 Å². The molecular weight excluding hydrogens is 280 g/mol. The van der Waals surface area contributed by atoms with E-state index < -0.39 is 0 Å². The minimum Gasteiger partial charge on any atom is -0.493 e. The van der Waals surface area contributed by atoms with Gasteiger partial charge in [-0.25, -0.2) is 5.43 Å². The largest absolute Gasteiger partial charge is 0.493 e. The molecule has 2 aromatic rings. The van der Waals surface area contributed by atoms with Crippen molar-refractivity contribution in [2.75, 3.05) is 26.3 Å². The van der Waals surface area contributed by atoms with Crippen LogP contribution in [0.2, 0.25) is 0 Å². The molecule has 0 saturated carbocycles. The van der Waals surface area contributed by atoms with Crippen molar-refractivity contribution in [1.29, 1.82) is 0 Å². The molecule has 0 heterocycles. The van der Waals surface area contributed by atoms with Gasteiger partial charge in [-0.3, -0.25) is 0 Å². The number of hydrazine groups is 1. The first-order valence-electron chi connectivity index (χ1n) is 7.20. The van der Waals surface area contributed by atoms with Crippen LogP contribution < -0.4 is 25.1 Å². The number of ether oxygens (including phenoxy) is 3. The average Bonchev–Trinajstić information content (AvgIpc) is 2.56. The Labute approximate surface area is 131 Å². The zero-order valence-electron chi connectivity index (χ0n) is 13.2. The molecule has 0 amide bonds. The van der Waals surface area contributed by atoms with Crippen LogP contribution in [0.3, 0.4) is 0 Å². The first-order valence-corrected chi connectivity index (χ1v) is 7.20. The van der Waals surface area contributed by atoms with Crippen LogP contribution in [0.5, 0.6) is 17.2 Å². The van der Waals surface area contributed by atoms with Crippen molar-refractivity contribution >= 4 is 5.69 Å². The molecule has 5 heteroatoms. The Balaban J connectivity index is 2.07. The second-order valence-corrected chi connectivity index (χ2v) is 4.61. The van der Waals surface area contributed by atoms with Gasteiger partial charge in [-0.05, 0) is 36.8 Å². The fraction of sp³-hybridized carbons (Fsp3) is 0.294. The lowest BCUT2D eigenvalue weighted by molar-refractivity contribution is 0.288. The van der Waals surface area contributed by atoms with Gasteiger partial charge < -0.3 is 19.6 Å². The van der Waals surface area contributed by atoms with Crippen molar-refractivity contribution in [3.8, 4) is 17.2 Å². The lowest BCUT2D eigenvalue weighted by atomic mass is 10.2. The average molecular weight is 302 g/mol. The second kappa shape index (κ2) is 8.14. The van der Waals surface area contributed by atoms with E-state index >= 15 is 0 Å². The molecule has 2 aromatic carbocycles. The van der Waals surface area contributed by atoms with Crippen molar-refractivity contribution in [3.63, 3.8) is 0 Å². The third-order valence-electron chi connectivity index (χ3n) is 3.11. The Hall–Kier alpha value is -2.40. The van der Waals surface area contributed by atoms with E-state index in [0.717, 1.165) is 11.3 Å². The highest BCUT2D eigenvalue weighted by Gasteiger charge is 2.13. The van der Waals surface area contributed by atoms with E-state index in [2.05, 4.69) is 10.9 Å². The summed E-state index contributed by atoms with van der Waals surface area (Å²) < 4.78 is 16.4. The molecule has 0 spiro atoms. The van der Waals surface area contributed by atoms with Crippen LogP contribution in [0.4, 0.5) is 5.69 Å². The first-order chi connectivity index (χ1) is 10.8. The summed E-state index contributed by atoms with van der Waals surface area (Å²) in [5.41, 5.74) is 8.35. The molecule has 22 heavy (non-hydrogen) atoms. The van der Waals surface area contributed by atoms with E-state index in [-0.39, 0.29) is 0 Å². The van der Waals surface area contributed by atoms with Crippen molar-refractivity contribution in [2.45, 2.75) is 13.5 Å². The van der Waals surface area contributed by atoms with Gasteiger partial charge in [0.15, 0.2) is 11.5 Å². The number of rotatable bonds is 8. The number of nitrogens with one attached hydrogen (secondary N) is 2. The third-order valence-corrected chi connectivity index (χ3v) is 3.11. The fourth-order valence-corrected chi connectivity index (χ4v) is 2.09.